The molecule has 1 unspecified atom stereocenters. The van der Waals surface area contributed by atoms with E-state index in [1.54, 1.807) is 0 Å². The molecule has 0 saturated carbocycles. The number of benzene rings is 3. The number of fused-ring (bicyclic) bond motifs is 2. The van der Waals surface area contributed by atoms with Gasteiger partial charge in [0.2, 0.25) is 0 Å². The van der Waals surface area contributed by atoms with Crippen LogP contribution in [0.3, 0.4) is 0 Å². The van der Waals surface area contributed by atoms with Gasteiger partial charge in [0.15, 0.2) is 0 Å². The molecule has 0 heterocycles. The summed E-state index contributed by atoms with van der Waals surface area (Å²) >= 11 is 12.9. The van der Waals surface area contributed by atoms with E-state index >= 15 is 0 Å². The highest BCUT2D eigenvalue weighted by Crippen LogP contribution is 2.50. The fourth-order valence-electron chi connectivity index (χ4n) is 3.85. The molecule has 2 heteroatoms. The molecule has 0 nitrogen and oxygen atoms in total. The van der Waals surface area contributed by atoms with Gasteiger partial charge in [0.05, 0.1) is 0 Å². The molecule has 3 aromatic carbocycles. The number of hydrogen-bond donors (Lipinski definition) is 0. The summed E-state index contributed by atoms with van der Waals surface area (Å²) in [4.78, 5) is 0. The molecule has 0 saturated heterocycles. The Kier molecular flexibility index (Phi) is 4.12. The second kappa shape index (κ2) is 6.27. The molecule has 1 aliphatic carbocycles. The van der Waals surface area contributed by atoms with E-state index in [0.717, 1.165) is 0 Å². The van der Waals surface area contributed by atoms with Gasteiger partial charge in [-0.05, 0) is 27.5 Å². The van der Waals surface area contributed by atoms with Crippen LogP contribution in [0.25, 0.3) is 16.8 Å². The van der Waals surface area contributed by atoms with Crippen molar-refractivity contribution < 1.29 is 0 Å². The summed E-state index contributed by atoms with van der Waals surface area (Å²) in [5.41, 5.74) is 3.58. The van der Waals surface area contributed by atoms with E-state index in [9.17, 15) is 0 Å². The van der Waals surface area contributed by atoms with E-state index in [4.69, 9.17) is 23.2 Å². The zero-order valence-electron chi connectivity index (χ0n) is 13.3. The van der Waals surface area contributed by atoms with Gasteiger partial charge in [0.1, 0.15) is 0 Å². The van der Waals surface area contributed by atoms with Crippen molar-refractivity contribution in [2.24, 2.45) is 5.41 Å². The third-order valence-corrected chi connectivity index (χ3v) is 6.10. The molecule has 0 fully saturated rings. The Bertz CT molecular complexity index is 901. The Balaban J connectivity index is 2.03. The quantitative estimate of drug-likeness (QED) is 0.474. The Hall–Kier alpha value is -1.76. The van der Waals surface area contributed by atoms with Crippen LogP contribution < -0.4 is 0 Å². The minimum Gasteiger partial charge on any atom is -0.126 e. The predicted octanol–water partition coefficient (Wildman–Crippen LogP) is 6.46. The zero-order chi connectivity index (χ0) is 16.6. The van der Waals surface area contributed by atoms with Gasteiger partial charge >= 0.3 is 0 Å². The minimum absolute atomic E-state index is 0.153. The third kappa shape index (κ3) is 2.37. The Morgan fingerprint density at radius 3 is 2.25 bits per heavy atom. The van der Waals surface area contributed by atoms with Crippen molar-refractivity contribution in [2.45, 2.75) is 5.92 Å². The average Bonchev–Trinajstić information content (AvgIpc) is 2.66. The van der Waals surface area contributed by atoms with Crippen LogP contribution in [-0.2, 0) is 0 Å². The van der Waals surface area contributed by atoms with Crippen molar-refractivity contribution in [3.8, 4) is 0 Å². The lowest BCUT2D eigenvalue weighted by Crippen LogP contribution is -2.34. The van der Waals surface area contributed by atoms with Crippen molar-refractivity contribution in [3.63, 3.8) is 0 Å². The molecule has 1 atom stereocenters. The lowest BCUT2D eigenvalue weighted by molar-refractivity contribution is 0.428. The standard InChI is InChI=1S/C22H18Cl2/c23-14-22(15-24)13-12-17-7-2-4-10-19(17)21(22)20-11-5-8-16-6-1-3-9-18(16)20/h1-13,21H,14-15H2. The zero-order valence-corrected chi connectivity index (χ0v) is 14.8. The first-order valence-corrected chi connectivity index (χ1v) is 9.24. The molecule has 0 bridgehead atoms. The molecule has 0 radical (unpaired) electrons. The van der Waals surface area contributed by atoms with E-state index in [-0.39, 0.29) is 11.3 Å². The molecule has 4 rings (SSSR count). The number of rotatable bonds is 3. The lowest BCUT2D eigenvalue weighted by atomic mass is 9.66. The van der Waals surface area contributed by atoms with Gasteiger partial charge in [-0.3, -0.25) is 0 Å². The predicted molar refractivity (Wildman–Crippen MR) is 105 cm³/mol. The second-order valence-corrected chi connectivity index (χ2v) is 7.00. The minimum atomic E-state index is -0.276. The first-order valence-electron chi connectivity index (χ1n) is 8.17. The fraction of sp³-hybridized carbons (Fsp3) is 0.182. The highest BCUT2D eigenvalue weighted by atomic mass is 35.5. The van der Waals surface area contributed by atoms with Crippen molar-refractivity contribution in [2.75, 3.05) is 11.8 Å². The van der Waals surface area contributed by atoms with Crippen LogP contribution in [0.5, 0.6) is 0 Å². The first-order chi connectivity index (χ1) is 11.8. The van der Waals surface area contributed by atoms with Gasteiger partial charge in [-0.25, -0.2) is 0 Å². The Morgan fingerprint density at radius 1 is 0.750 bits per heavy atom. The van der Waals surface area contributed by atoms with Crippen LogP contribution in [0.4, 0.5) is 0 Å². The van der Waals surface area contributed by atoms with Crippen LogP contribution in [0.15, 0.2) is 72.8 Å². The maximum Gasteiger partial charge on any atom is 0.0335 e. The Labute approximate surface area is 152 Å². The summed E-state index contributed by atoms with van der Waals surface area (Å²) in [5, 5.41) is 2.52. The normalized spacial score (nSPS) is 18.5. The summed E-state index contributed by atoms with van der Waals surface area (Å²) in [6.07, 6.45) is 4.38. The largest absolute Gasteiger partial charge is 0.126 e. The van der Waals surface area contributed by atoms with Gasteiger partial charge < -0.3 is 0 Å². The van der Waals surface area contributed by atoms with Gasteiger partial charge in [0.25, 0.3) is 0 Å². The third-order valence-electron chi connectivity index (χ3n) is 5.11. The SMILES string of the molecule is ClCC1(CCl)C=Cc2ccccc2C1c1cccc2ccccc12. The molecule has 1 aliphatic rings. The van der Waals surface area contributed by atoms with Gasteiger partial charge in [-0.1, -0.05) is 78.9 Å². The maximum absolute atomic E-state index is 6.46. The van der Waals surface area contributed by atoms with E-state index < -0.39 is 0 Å². The van der Waals surface area contributed by atoms with E-state index in [1.165, 1.54) is 27.5 Å². The Morgan fingerprint density at radius 2 is 1.42 bits per heavy atom. The lowest BCUT2D eigenvalue weighted by Gasteiger charge is -2.40. The summed E-state index contributed by atoms with van der Waals surface area (Å²) in [5.74, 6) is 1.14. The average molecular weight is 353 g/mol. The molecular formula is C22H18Cl2. The molecule has 0 aliphatic heterocycles. The molecule has 0 spiro atoms. The van der Waals surface area contributed by atoms with Crippen LogP contribution in [0, 0.1) is 5.41 Å². The summed E-state index contributed by atoms with van der Waals surface area (Å²) in [7, 11) is 0. The second-order valence-electron chi connectivity index (χ2n) is 6.46. The number of alkyl halides is 2. The molecular weight excluding hydrogens is 335 g/mol. The van der Waals surface area contributed by atoms with Crippen LogP contribution in [0.1, 0.15) is 22.6 Å². The summed E-state index contributed by atoms with van der Waals surface area (Å²) in [6.45, 7) is 0. The maximum atomic E-state index is 6.46. The monoisotopic (exact) mass is 352 g/mol. The van der Waals surface area contributed by atoms with Gasteiger partial charge in [-0.15, -0.1) is 23.2 Å². The summed E-state index contributed by atoms with van der Waals surface area (Å²) < 4.78 is 0. The number of halogens is 2. The van der Waals surface area contributed by atoms with Gasteiger partial charge in [-0.2, -0.15) is 0 Å². The highest BCUT2D eigenvalue weighted by molar-refractivity contribution is 6.22. The van der Waals surface area contributed by atoms with Crippen molar-refractivity contribution >= 4 is 40.1 Å². The van der Waals surface area contributed by atoms with Crippen LogP contribution in [-0.4, -0.2) is 11.8 Å². The van der Waals surface area contributed by atoms with Crippen molar-refractivity contribution in [3.05, 3.63) is 89.5 Å². The molecule has 0 aromatic heterocycles. The van der Waals surface area contributed by atoms with E-state index in [0.29, 0.717) is 11.8 Å². The molecule has 0 amide bonds. The molecule has 3 aromatic rings. The van der Waals surface area contributed by atoms with E-state index in [2.05, 4.69) is 78.9 Å². The fourth-order valence-corrected chi connectivity index (χ4v) is 4.62. The highest BCUT2D eigenvalue weighted by Gasteiger charge is 2.41. The number of hydrogen-bond acceptors (Lipinski definition) is 0. The first kappa shape index (κ1) is 15.7. The van der Waals surface area contributed by atoms with Crippen LogP contribution >= 0.6 is 23.2 Å². The number of allylic oxidation sites excluding steroid dienone is 1. The van der Waals surface area contributed by atoms with Crippen molar-refractivity contribution in [1.29, 1.82) is 0 Å². The van der Waals surface area contributed by atoms with Crippen LogP contribution in [0.2, 0.25) is 0 Å². The smallest absolute Gasteiger partial charge is 0.0335 e. The summed E-state index contributed by atoms with van der Waals surface area (Å²) in [6, 6.07) is 23.6. The van der Waals surface area contributed by atoms with Gasteiger partial charge in [0, 0.05) is 23.1 Å². The molecule has 120 valence electrons. The van der Waals surface area contributed by atoms with Crippen molar-refractivity contribution in [1.82, 2.24) is 0 Å². The topological polar surface area (TPSA) is 0 Å². The molecule has 0 N–H and O–H groups in total. The van der Waals surface area contributed by atoms with E-state index in [1.807, 2.05) is 0 Å². The molecule has 24 heavy (non-hydrogen) atoms.